The number of esters is 1. The maximum absolute atomic E-state index is 13.2. The minimum absolute atomic E-state index is 0.104. The number of rotatable bonds is 5. The Kier molecular flexibility index (Phi) is 6.18. The molecule has 5 heteroatoms. The van der Waals surface area contributed by atoms with E-state index in [0.29, 0.717) is 12.0 Å². The molecule has 1 aliphatic heterocycles. The molecule has 0 N–H and O–H groups in total. The number of ether oxygens (including phenoxy) is 1. The molecule has 4 rings (SSSR count). The largest absolute Gasteiger partial charge is 0.460 e. The molecule has 0 radical (unpaired) electrons. The van der Waals surface area contributed by atoms with E-state index < -0.39 is 5.92 Å². The number of thioether (sulfide) groups is 1. The van der Waals surface area contributed by atoms with Gasteiger partial charge in [-0.15, -0.1) is 11.8 Å². The lowest BCUT2D eigenvalue weighted by Gasteiger charge is -2.34. The Labute approximate surface area is 181 Å². The fourth-order valence-corrected chi connectivity index (χ4v) is 4.71. The SMILES string of the molecule is CSc1ccc([C@H]2C3=C(CCCC3=O)N=C(C)C2C(=O)OCc2ccccc2)cc1. The summed E-state index contributed by atoms with van der Waals surface area (Å²) in [7, 11) is 0. The monoisotopic (exact) mass is 419 g/mol. The highest BCUT2D eigenvalue weighted by Gasteiger charge is 2.43. The van der Waals surface area contributed by atoms with E-state index in [-0.39, 0.29) is 24.3 Å². The number of allylic oxidation sites excluding steroid dienone is 2. The zero-order chi connectivity index (χ0) is 21.1. The van der Waals surface area contributed by atoms with Crippen LogP contribution in [0.15, 0.2) is 75.8 Å². The molecule has 1 aliphatic carbocycles. The molecular weight excluding hydrogens is 394 g/mol. The normalized spacial score (nSPS) is 21.1. The molecule has 1 heterocycles. The molecule has 0 fully saturated rings. The molecular formula is C25H25NO3S. The van der Waals surface area contributed by atoms with Crippen molar-refractivity contribution in [1.29, 1.82) is 0 Å². The first-order valence-corrected chi connectivity index (χ1v) is 11.5. The number of hydrogen-bond donors (Lipinski definition) is 0. The average molecular weight is 420 g/mol. The molecule has 4 nitrogen and oxygen atoms in total. The number of ketones is 1. The van der Waals surface area contributed by atoms with Gasteiger partial charge in [0, 0.05) is 34.2 Å². The first-order valence-electron chi connectivity index (χ1n) is 10.2. The standard InChI is InChI=1S/C25H25NO3S/c1-16-22(25(28)29-15-17-7-4-3-5-8-17)23(18-11-13-19(30-2)14-12-18)24-20(26-16)9-6-10-21(24)27/h3-5,7-8,11-14,22-23H,6,9-10,15H2,1-2H3/t22?,23-/m1/s1. The van der Waals surface area contributed by atoms with E-state index in [2.05, 4.69) is 0 Å². The Balaban J connectivity index is 1.69. The summed E-state index contributed by atoms with van der Waals surface area (Å²) in [5.74, 6) is -1.16. The molecule has 2 aromatic carbocycles. The van der Waals surface area contributed by atoms with Crippen LogP contribution >= 0.6 is 11.8 Å². The molecule has 2 aliphatic rings. The molecule has 2 aromatic rings. The highest BCUT2D eigenvalue weighted by molar-refractivity contribution is 7.98. The predicted octanol–water partition coefficient (Wildman–Crippen LogP) is 5.33. The van der Waals surface area contributed by atoms with Gasteiger partial charge in [-0.25, -0.2) is 0 Å². The maximum atomic E-state index is 13.2. The number of aliphatic imine (C=N–C) groups is 1. The molecule has 0 aromatic heterocycles. The van der Waals surface area contributed by atoms with E-state index in [4.69, 9.17) is 9.73 Å². The molecule has 154 valence electrons. The van der Waals surface area contributed by atoms with Gasteiger partial charge in [0.15, 0.2) is 5.78 Å². The fraction of sp³-hybridized carbons (Fsp3) is 0.320. The molecule has 2 atom stereocenters. The van der Waals surface area contributed by atoms with E-state index in [1.807, 2.05) is 67.8 Å². The number of carbonyl (C=O) groups excluding carboxylic acids is 2. The van der Waals surface area contributed by atoms with E-state index in [1.165, 1.54) is 0 Å². The van der Waals surface area contributed by atoms with Gasteiger partial charge >= 0.3 is 5.97 Å². The van der Waals surface area contributed by atoms with Crippen LogP contribution in [0.1, 0.15) is 43.2 Å². The van der Waals surface area contributed by atoms with Gasteiger partial charge in [-0.1, -0.05) is 42.5 Å². The van der Waals surface area contributed by atoms with Crippen molar-refractivity contribution in [3.05, 3.63) is 77.0 Å². The Morgan fingerprint density at radius 1 is 1.10 bits per heavy atom. The summed E-state index contributed by atoms with van der Waals surface area (Å²) < 4.78 is 5.69. The summed E-state index contributed by atoms with van der Waals surface area (Å²) in [4.78, 5) is 32.0. The number of carbonyl (C=O) groups is 2. The highest BCUT2D eigenvalue weighted by atomic mass is 32.2. The summed E-state index contributed by atoms with van der Waals surface area (Å²) in [5.41, 5.74) is 4.16. The maximum Gasteiger partial charge on any atom is 0.315 e. The topological polar surface area (TPSA) is 55.7 Å². The molecule has 0 spiro atoms. The number of Topliss-reactive ketones (excluding diaryl/α,β-unsaturated/α-hetero) is 1. The number of benzene rings is 2. The third kappa shape index (κ3) is 4.12. The zero-order valence-corrected chi connectivity index (χ0v) is 18.1. The van der Waals surface area contributed by atoms with Crippen LogP contribution in [-0.4, -0.2) is 23.7 Å². The van der Waals surface area contributed by atoms with Crippen LogP contribution in [0.25, 0.3) is 0 Å². The van der Waals surface area contributed by atoms with Gasteiger partial charge < -0.3 is 4.74 Å². The molecule has 0 amide bonds. The average Bonchev–Trinajstić information content (AvgIpc) is 2.77. The van der Waals surface area contributed by atoms with Crippen LogP contribution in [0.2, 0.25) is 0 Å². The Morgan fingerprint density at radius 2 is 1.83 bits per heavy atom. The molecule has 0 bridgehead atoms. The van der Waals surface area contributed by atoms with Crippen molar-refractivity contribution < 1.29 is 14.3 Å². The van der Waals surface area contributed by atoms with Crippen LogP contribution in [0.3, 0.4) is 0 Å². The second-order valence-corrected chi connectivity index (χ2v) is 8.59. The third-order valence-electron chi connectivity index (χ3n) is 5.79. The second kappa shape index (κ2) is 9.00. The van der Waals surface area contributed by atoms with Gasteiger partial charge in [0.05, 0.1) is 0 Å². The smallest absolute Gasteiger partial charge is 0.315 e. The van der Waals surface area contributed by atoms with E-state index in [9.17, 15) is 9.59 Å². The van der Waals surface area contributed by atoms with Crippen LogP contribution in [0.4, 0.5) is 0 Å². The minimum atomic E-state index is -0.588. The van der Waals surface area contributed by atoms with E-state index in [1.54, 1.807) is 11.8 Å². The first kappa shape index (κ1) is 20.6. The van der Waals surface area contributed by atoms with Crippen molar-refractivity contribution in [1.82, 2.24) is 0 Å². The van der Waals surface area contributed by atoms with Crippen molar-refractivity contribution in [3.63, 3.8) is 0 Å². The summed E-state index contributed by atoms with van der Waals surface area (Å²) >= 11 is 1.67. The number of hydrogen-bond acceptors (Lipinski definition) is 5. The zero-order valence-electron chi connectivity index (χ0n) is 17.3. The van der Waals surface area contributed by atoms with Crippen molar-refractivity contribution in [2.24, 2.45) is 10.9 Å². The van der Waals surface area contributed by atoms with Gasteiger partial charge in [-0.2, -0.15) is 0 Å². The summed E-state index contributed by atoms with van der Waals surface area (Å²) in [6, 6.07) is 17.8. The van der Waals surface area contributed by atoms with Crippen molar-refractivity contribution in [3.8, 4) is 0 Å². The summed E-state index contributed by atoms with van der Waals surface area (Å²) in [6.07, 6.45) is 4.14. The quantitative estimate of drug-likeness (QED) is 0.485. The van der Waals surface area contributed by atoms with E-state index >= 15 is 0 Å². The Bertz CT molecular complexity index is 1010. The van der Waals surface area contributed by atoms with Gasteiger partial charge in [0.25, 0.3) is 0 Å². The van der Waals surface area contributed by atoms with Crippen LogP contribution in [0.5, 0.6) is 0 Å². The van der Waals surface area contributed by atoms with Crippen molar-refractivity contribution in [2.45, 2.75) is 43.6 Å². The van der Waals surface area contributed by atoms with Gasteiger partial charge in [-0.05, 0) is 49.3 Å². The van der Waals surface area contributed by atoms with Crippen LogP contribution in [-0.2, 0) is 20.9 Å². The lowest BCUT2D eigenvalue weighted by atomic mass is 9.72. The fourth-order valence-electron chi connectivity index (χ4n) is 4.30. The van der Waals surface area contributed by atoms with Crippen LogP contribution in [0, 0.1) is 5.92 Å². The van der Waals surface area contributed by atoms with Crippen molar-refractivity contribution in [2.75, 3.05) is 6.26 Å². The van der Waals surface area contributed by atoms with Gasteiger partial charge in [0.1, 0.15) is 12.5 Å². The molecule has 0 saturated carbocycles. The predicted molar refractivity (Wildman–Crippen MR) is 120 cm³/mol. The third-order valence-corrected chi connectivity index (χ3v) is 6.53. The molecule has 1 unspecified atom stereocenters. The molecule has 0 saturated heterocycles. The Hall–Kier alpha value is -2.66. The van der Waals surface area contributed by atoms with E-state index in [0.717, 1.165) is 40.3 Å². The lowest BCUT2D eigenvalue weighted by Crippen LogP contribution is -2.37. The lowest BCUT2D eigenvalue weighted by molar-refractivity contribution is -0.148. The summed E-state index contributed by atoms with van der Waals surface area (Å²) in [5, 5.41) is 0. The minimum Gasteiger partial charge on any atom is -0.460 e. The highest BCUT2D eigenvalue weighted by Crippen LogP contribution is 2.43. The first-order chi connectivity index (χ1) is 14.6. The number of nitrogens with zero attached hydrogens (tertiary/aromatic N) is 1. The van der Waals surface area contributed by atoms with Gasteiger partial charge in [-0.3, -0.25) is 14.6 Å². The summed E-state index contributed by atoms with van der Waals surface area (Å²) in [6.45, 7) is 2.09. The second-order valence-electron chi connectivity index (χ2n) is 7.71. The Morgan fingerprint density at radius 3 is 2.53 bits per heavy atom. The van der Waals surface area contributed by atoms with Crippen molar-refractivity contribution >= 4 is 29.2 Å². The van der Waals surface area contributed by atoms with Gasteiger partial charge in [0.2, 0.25) is 0 Å². The van der Waals surface area contributed by atoms with Crippen LogP contribution < -0.4 is 0 Å². The molecule has 30 heavy (non-hydrogen) atoms.